The molecule has 0 saturated carbocycles. The van der Waals surface area contributed by atoms with Crippen LogP contribution in [-0.2, 0) is 9.59 Å². The van der Waals surface area contributed by atoms with E-state index in [0.29, 0.717) is 22.6 Å². The van der Waals surface area contributed by atoms with Crippen LogP contribution < -0.4 is 15.5 Å². The van der Waals surface area contributed by atoms with Gasteiger partial charge in [-0.15, -0.1) is 0 Å². The average molecular weight is 413 g/mol. The molecule has 1 aliphatic rings. The highest BCUT2D eigenvalue weighted by atomic mass is 16.2. The van der Waals surface area contributed by atoms with E-state index in [0.717, 1.165) is 11.1 Å². The quantitative estimate of drug-likeness (QED) is 0.669. The highest BCUT2D eigenvalue weighted by molar-refractivity contribution is 6.17. The number of nitrogens with one attached hydrogen (secondary N) is 2. The van der Waals surface area contributed by atoms with E-state index in [1.54, 1.807) is 54.6 Å². The number of carbonyl (C=O) groups excluding carboxylic acids is 3. The SMILES string of the molecule is Cc1ccc(NC(=O)C[C@H]2C(=O)Nc3ccccc3N2C(=O)c2cccc(C)c2)cc1. The van der Waals surface area contributed by atoms with Gasteiger partial charge in [-0.1, -0.05) is 47.5 Å². The second-order valence-corrected chi connectivity index (χ2v) is 7.69. The molecular weight excluding hydrogens is 390 g/mol. The predicted molar refractivity (Wildman–Crippen MR) is 121 cm³/mol. The van der Waals surface area contributed by atoms with Crippen LogP contribution in [0.25, 0.3) is 0 Å². The molecule has 0 aliphatic carbocycles. The zero-order valence-electron chi connectivity index (χ0n) is 17.4. The van der Waals surface area contributed by atoms with E-state index in [2.05, 4.69) is 10.6 Å². The van der Waals surface area contributed by atoms with Gasteiger partial charge in [0.15, 0.2) is 0 Å². The number of rotatable bonds is 4. The summed E-state index contributed by atoms with van der Waals surface area (Å²) in [5.41, 5.74) is 4.24. The van der Waals surface area contributed by atoms with Crippen molar-refractivity contribution in [2.24, 2.45) is 0 Å². The zero-order valence-corrected chi connectivity index (χ0v) is 17.4. The fourth-order valence-electron chi connectivity index (χ4n) is 3.67. The van der Waals surface area contributed by atoms with E-state index < -0.39 is 11.9 Å². The van der Waals surface area contributed by atoms with Gasteiger partial charge in [0.2, 0.25) is 11.8 Å². The topological polar surface area (TPSA) is 78.5 Å². The maximum atomic E-state index is 13.5. The molecule has 1 aliphatic heterocycles. The third kappa shape index (κ3) is 4.33. The number of carbonyl (C=O) groups is 3. The Kier molecular flexibility index (Phi) is 5.54. The first kappa shape index (κ1) is 20.3. The average Bonchev–Trinajstić information content (AvgIpc) is 2.75. The van der Waals surface area contributed by atoms with E-state index in [4.69, 9.17) is 0 Å². The first-order valence-corrected chi connectivity index (χ1v) is 10.1. The minimum absolute atomic E-state index is 0.161. The van der Waals surface area contributed by atoms with E-state index in [1.165, 1.54) is 4.90 Å². The molecule has 31 heavy (non-hydrogen) atoms. The second-order valence-electron chi connectivity index (χ2n) is 7.69. The summed E-state index contributed by atoms with van der Waals surface area (Å²) in [4.78, 5) is 40.6. The number of nitrogens with zero attached hydrogens (tertiary/aromatic N) is 1. The van der Waals surface area contributed by atoms with Crippen LogP contribution in [0.5, 0.6) is 0 Å². The monoisotopic (exact) mass is 413 g/mol. The molecule has 6 heteroatoms. The molecule has 0 fully saturated rings. The van der Waals surface area contributed by atoms with Gasteiger partial charge in [0.1, 0.15) is 6.04 Å². The Morgan fingerprint density at radius 2 is 1.68 bits per heavy atom. The Morgan fingerprint density at radius 1 is 0.935 bits per heavy atom. The number of hydrogen-bond acceptors (Lipinski definition) is 3. The minimum atomic E-state index is -0.964. The lowest BCUT2D eigenvalue weighted by Crippen LogP contribution is -2.52. The molecule has 3 aromatic carbocycles. The van der Waals surface area contributed by atoms with Crippen LogP contribution in [0.1, 0.15) is 27.9 Å². The predicted octanol–water partition coefficient (Wildman–Crippen LogP) is 4.30. The third-order valence-corrected chi connectivity index (χ3v) is 5.23. The van der Waals surface area contributed by atoms with Gasteiger partial charge in [0.05, 0.1) is 17.8 Å². The van der Waals surface area contributed by atoms with Crippen LogP contribution in [0, 0.1) is 13.8 Å². The normalized spacial score (nSPS) is 15.1. The molecule has 156 valence electrons. The molecule has 2 N–H and O–H groups in total. The van der Waals surface area contributed by atoms with Crippen LogP contribution in [0.3, 0.4) is 0 Å². The fraction of sp³-hybridized carbons (Fsp3) is 0.160. The Balaban J connectivity index is 1.65. The molecule has 3 amide bonds. The van der Waals surface area contributed by atoms with E-state index in [1.807, 2.05) is 32.0 Å². The van der Waals surface area contributed by atoms with Crippen LogP contribution in [0.15, 0.2) is 72.8 Å². The molecule has 0 bridgehead atoms. The molecule has 0 spiro atoms. The number of fused-ring (bicyclic) bond motifs is 1. The summed E-state index contributed by atoms with van der Waals surface area (Å²) in [5, 5.41) is 5.63. The highest BCUT2D eigenvalue weighted by Gasteiger charge is 2.38. The Bertz CT molecular complexity index is 1150. The molecule has 0 aromatic heterocycles. The van der Waals surface area contributed by atoms with Crippen molar-refractivity contribution in [3.05, 3.63) is 89.5 Å². The Morgan fingerprint density at radius 3 is 2.42 bits per heavy atom. The lowest BCUT2D eigenvalue weighted by atomic mass is 10.0. The highest BCUT2D eigenvalue weighted by Crippen LogP contribution is 2.34. The van der Waals surface area contributed by atoms with Crippen molar-refractivity contribution in [1.29, 1.82) is 0 Å². The second kappa shape index (κ2) is 8.44. The molecule has 0 radical (unpaired) electrons. The van der Waals surface area contributed by atoms with Gasteiger partial charge >= 0.3 is 0 Å². The van der Waals surface area contributed by atoms with Crippen molar-refractivity contribution in [3.8, 4) is 0 Å². The van der Waals surface area contributed by atoms with Crippen LogP contribution in [-0.4, -0.2) is 23.8 Å². The first-order valence-electron chi connectivity index (χ1n) is 10.1. The van der Waals surface area contributed by atoms with Gasteiger partial charge in [-0.05, 0) is 50.2 Å². The van der Waals surface area contributed by atoms with E-state index >= 15 is 0 Å². The van der Waals surface area contributed by atoms with Crippen molar-refractivity contribution in [3.63, 3.8) is 0 Å². The number of para-hydroxylation sites is 2. The lowest BCUT2D eigenvalue weighted by molar-refractivity contribution is -0.122. The van der Waals surface area contributed by atoms with Gasteiger partial charge in [0, 0.05) is 11.3 Å². The summed E-state index contributed by atoms with van der Waals surface area (Å²) in [7, 11) is 0. The standard InChI is InChI=1S/C25H23N3O3/c1-16-10-12-19(13-11-16)26-23(29)15-22-24(30)27-20-8-3-4-9-21(20)28(22)25(31)18-7-5-6-17(2)14-18/h3-14,22H,15H2,1-2H3,(H,26,29)(H,27,30)/t22-/m0/s1. The third-order valence-electron chi connectivity index (χ3n) is 5.23. The van der Waals surface area contributed by atoms with Crippen LogP contribution in [0.4, 0.5) is 17.1 Å². The number of benzene rings is 3. The number of amides is 3. The van der Waals surface area contributed by atoms with Crippen molar-refractivity contribution < 1.29 is 14.4 Å². The van der Waals surface area contributed by atoms with Gasteiger partial charge in [-0.2, -0.15) is 0 Å². The van der Waals surface area contributed by atoms with Gasteiger partial charge in [-0.3, -0.25) is 19.3 Å². The Hall–Kier alpha value is -3.93. The first-order chi connectivity index (χ1) is 14.9. The van der Waals surface area contributed by atoms with Crippen molar-refractivity contribution in [1.82, 2.24) is 0 Å². The largest absolute Gasteiger partial charge is 0.326 e. The summed E-state index contributed by atoms with van der Waals surface area (Å²) in [6.45, 7) is 3.87. The van der Waals surface area contributed by atoms with Gasteiger partial charge < -0.3 is 10.6 Å². The van der Waals surface area contributed by atoms with Crippen molar-refractivity contribution in [2.45, 2.75) is 26.3 Å². The van der Waals surface area contributed by atoms with Crippen LogP contribution >= 0.6 is 0 Å². The summed E-state index contributed by atoms with van der Waals surface area (Å²) in [6, 6.07) is 20.7. The molecule has 6 nitrogen and oxygen atoms in total. The zero-order chi connectivity index (χ0) is 22.0. The fourth-order valence-corrected chi connectivity index (χ4v) is 3.67. The number of hydrogen-bond donors (Lipinski definition) is 2. The van der Waals surface area contributed by atoms with E-state index in [-0.39, 0.29) is 18.2 Å². The summed E-state index contributed by atoms with van der Waals surface area (Å²) in [6.07, 6.45) is -0.161. The van der Waals surface area contributed by atoms with Gasteiger partial charge in [-0.25, -0.2) is 0 Å². The molecule has 1 heterocycles. The maximum Gasteiger partial charge on any atom is 0.259 e. The molecule has 0 unspecified atom stereocenters. The molecule has 1 atom stereocenters. The summed E-state index contributed by atoms with van der Waals surface area (Å²) >= 11 is 0. The lowest BCUT2D eigenvalue weighted by Gasteiger charge is -2.36. The van der Waals surface area contributed by atoms with E-state index in [9.17, 15) is 14.4 Å². The smallest absolute Gasteiger partial charge is 0.259 e. The summed E-state index contributed by atoms with van der Waals surface area (Å²) in [5.74, 6) is -1.05. The maximum absolute atomic E-state index is 13.5. The molecule has 4 rings (SSSR count). The van der Waals surface area contributed by atoms with Crippen LogP contribution in [0.2, 0.25) is 0 Å². The minimum Gasteiger partial charge on any atom is -0.326 e. The number of anilines is 3. The van der Waals surface area contributed by atoms with Crippen molar-refractivity contribution >= 4 is 34.8 Å². The van der Waals surface area contributed by atoms with Crippen molar-refractivity contribution in [2.75, 3.05) is 15.5 Å². The molecular formula is C25H23N3O3. The number of aryl methyl sites for hydroxylation is 2. The van der Waals surface area contributed by atoms with Gasteiger partial charge in [0.25, 0.3) is 5.91 Å². The summed E-state index contributed by atoms with van der Waals surface area (Å²) < 4.78 is 0. The molecule has 3 aromatic rings. The Labute approximate surface area is 180 Å². The molecule has 0 saturated heterocycles.